The predicted molar refractivity (Wildman–Crippen MR) is 170 cm³/mol. The monoisotopic (exact) mass is 642 g/mol. The van der Waals surface area contributed by atoms with Gasteiger partial charge in [-0.25, -0.2) is 14.4 Å². The number of ether oxygens (including phenoxy) is 1. The van der Waals surface area contributed by atoms with Crippen LogP contribution < -0.4 is 25.6 Å². The lowest BCUT2D eigenvalue weighted by Crippen LogP contribution is -2.47. The summed E-state index contributed by atoms with van der Waals surface area (Å²) in [4.78, 5) is 66.0. The molecule has 4 N–H and O–H groups in total. The van der Waals surface area contributed by atoms with Crippen LogP contribution in [0.4, 0.5) is 16.0 Å². The number of carbonyl (C=O) groups is 4. The zero-order chi connectivity index (χ0) is 32.7. The Labute approximate surface area is 270 Å². The van der Waals surface area contributed by atoms with E-state index in [0.29, 0.717) is 59.9 Å². The average molecular weight is 643 g/mol. The molecule has 13 nitrogen and oxygen atoms in total. The molecule has 1 atom stereocenters. The number of H-pyrrole nitrogens is 1. The Kier molecular flexibility index (Phi) is 8.18. The van der Waals surface area contributed by atoms with E-state index in [4.69, 9.17) is 4.74 Å². The third kappa shape index (κ3) is 6.08. The van der Waals surface area contributed by atoms with Gasteiger partial charge in [-0.2, -0.15) is 0 Å². The highest BCUT2D eigenvalue weighted by atomic mass is 19.1. The molecule has 0 radical (unpaired) electrons. The summed E-state index contributed by atoms with van der Waals surface area (Å²) in [5, 5.41) is 8.17. The number of piperidine rings is 1. The van der Waals surface area contributed by atoms with Crippen LogP contribution in [0, 0.1) is 12.7 Å². The second kappa shape index (κ2) is 12.6. The van der Waals surface area contributed by atoms with Gasteiger partial charge in [-0.05, 0) is 62.1 Å². The molecule has 2 aromatic heterocycles. The number of anilines is 2. The van der Waals surface area contributed by atoms with Crippen LogP contribution in [-0.4, -0.2) is 88.9 Å². The van der Waals surface area contributed by atoms with Crippen molar-refractivity contribution < 1.29 is 28.3 Å². The number of imide groups is 1. The zero-order valence-corrected chi connectivity index (χ0v) is 26.0. The lowest BCUT2D eigenvalue weighted by Gasteiger charge is -2.34. The maximum absolute atomic E-state index is 14.0. The van der Waals surface area contributed by atoms with Gasteiger partial charge in [0.1, 0.15) is 5.82 Å². The SMILES string of the molecule is Cc1[nH]c2c(c1C(=O)NCCCN1CCN(c3ncc(OC4CCC(=O)NC4=O)cn3)CC1)CC/C2=C1/C(=O)Nc2ccc(F)cc21. The molecule has 3 aromatic rings. The third-order valence-electron chi connectivity index (χ3n) is 9.15. The van der Waals surface area contributed by atoms with Gasteiger partial charge in [0.2, 0.25) is 11.9 Å². The van der Waals surface area contributed by atoms with Crippen molar-refractivity contribution in [2.24, 2.45) is 0 Å². The van der Waals surface area contributed by atoms with Crippen molar-refractivity contribution in [1.82, 2.24) is 30.5 Å². The van der Waals surface area contributed by atoms with Gasteiger partial charge in [0, 0.05) is 68.2 Å². The molecule has 3 aliphatic heterocycles. The molecule has 47 heavy (non-hydrogen) atoms. The van der Waals surface area contributed by atoms with E-state index >= 15 is 0 Å². The Balaban J connectivity index is 0.885. The van der Waals surface area contributed by atoms with Gasteiger partial charge in [0.25, 0.3) is 17.7 Å². The maximum Gasteiger partial charge on any atom is 0.267 e. The fraction of sp³-hybridized carbons (Fsp3) is 0.394. The number of aromatic amines is 1. The van der Waals surface area contributed by atoms with E-state index in [1.807, 2.05) is 6.92 Å². The van der Waals surface area contributed by atoms with Crippen LogP contribution in [-0.2, 0) is 20.8 Å². The van der Waals surface area contributed by atoms with E-state index in [1.165, 1.54) is 12.1 Å². The highest BCUT2D eigenvalue weighted by molar-refractivity contribution is 6.37. The summed E-state index contributed by atoms with van der Waals surface area (Å²) >= 11 is 0. The molecule has 4 amide bonds. The van der Waals surface area contributed by atoms with Crippen LogP contribution in [0.5, 0.6) is 5.75 Å². The Morgan fingerprint density at radius 3 is 2.62 bits per heavy atom. The number of aromatic nitrogens is 3. The summed E-state index contributed by atoms with van der Waals surface area (Å²) in [7, 11) is 0. The molecule has 2 fully saturated rings. The number of halogens is 1. The van der Waals surface area contributed by atoms with Gasteiger partial charge in [-0.1, -0.05) is 0 Å². The topological polar surface area (TPSA) is 162 Å². The van der Waals surface area contributed by atoms with Crippen molar-refractivity contribution in [3.63, 3.8) is 0 Å². The second-order valence-corrected chi connectivity index (χ2v) is 12.2. The summed E-state index contributed by atoms with van der Waals surface area (Å²) in [5.74, 6) is -0.567. The molecule has 1 aliphatic carbocycles. The first kappa shape index (κ1) is 30.5. The highest BCUT2D eigenvalue weighted by Crippen LogP contribution is 2.44. The van der Waals surface area contributed by atoms with Crippen molar-refractivity contribution in [1.29, 1.82) is 0 Å². The Bertz CT molecular complexity index is 1790. The molecule has 1 unspecified atom stereocenters. The van der Waals surface area contributed by atoms with Gasteiger partial charge in [-0.3, -0.25) is 29.4 Å². The average Bonchev–Trinajstić information content (AvgIpc) is 3.71. The number of allylic oxidation sites excluding steroid dienone is 1. The van der Waals surface area contributed by atoms with Crippen LogP contribution in [0.15, 0.2) is 30.6 Å². The first-order valence-corrected chi connectivity index (χ1v) is 15.9. The van der Waals surface area contributed by atoms with Gasteiger partial charge < -0.3 is 25.3 Å². The van der Waals surface area contributed by atoms with Crippen LogP contribution in [0.25, 0.3) is 11.1 Å². The van der Waals surface area contributed by atoms with Crippen molar-refractivity contribution in [2.75, 3.05) is 49.5 Å². The Hall–Kier alpha value is -5.11. The van der Waals surface area contributed by atoms with Crippen molar-refractivity contribution >= 4 is 46.4 Å². The molecule has 1 aromatic carbocycles. The number of amides is 4. The molecule has 7 rings (SSSR count). The fourth-order valence-corrected chi connectivity index (χ4v) is 6.80. The van der Waals surface area contributed by atoms with E-state index < -0.39 is 17.8 Å². The largest absolute Gasteiger partial charge is 0.477 e. The minimum atomic E-state index is -0.730. The molecular formula is C33H35FN8O5. The van der Waals surface area contributed by atoms with Crippen LogP contribution in [0.1, 0.15) is 58.6 Å². The smallest absolute Gasteiger partial charge is 0.267 e. The van der Waals surface area contributed by atoms with E-state index in [-0.39, 0.29) is 24.1 Å². The highest BCUT2D eigenvalue weighted by Gasteiger charge is 2.35. The van der Waals surface area contributed by atoms with Gasteiger partial charge in [0.05, 0.1) is 23.5 Å². The second-order valence-electron chi connectivity index (χ2n) is 12.2. The number of nitrogens with one attached hydrogen (secondary N) is 4. The minimum absolute atomic E-state index is 0.138. The van der Waals surface area contributed by atoms with Gasteiger partial charge in [-0.15, -0.1) is 0 Å². The first-order valence-electron chi connectivity index (χ1n) is 15.9. The summed E-state index contributed by atoms with van der Waals surface area (Å²) < 4.78 is 19.7. The first-order chi connectivity index (χ1) is 22.7. The molecule has 4 aliphatic rings. The number of rotatable bonds is 8. The molecular weight excluding hydrogens is 607 g/mol. The standard InChI is InChI=1S/C33H35FN8O5/c1-18-27(21-4-5-22(29(21)38-18)28-23-15-19(34)3-6-24(23)39-32(28)46)31(45)35-9-2-10-41-11-13-42(14-12-41)33-36-16-20(17-37-33)47-25-7-8-26(43)40-30(25)44/h3,6,15-17,25,38H,2,4-5,7-14H2,1H3,(H,35,45)(H,39,46)(H,40,43,44)/b28-22-. The van der Waals surface area contributed by atoms with E-state index in [1.54, 1.807) is 18.5 Å². The minimum Gasteiger partial charge on any atom is -0.477 e. The molecule has 244 valence electrons. The number of aryl methyl sites for hydroxylation is 1. The van der Waals surface area contributed by atoms with E-state index in [9.17, 15) is 23.6 Å². The zero-order valence-electron chi connectivity index (χ0n) is 26.0. The van der Waals surface area contributed by atoms with E-state index in [0.717, 1.165) is 61.7 Å². The number of benzene rings is 1. The fourth-order valence-electron chi connectivity index (χ4n) is 6.80. The molecule has 2 saturated heterocycles. The van der Waals surface area contributed by atoms with E-state index in [2.05, 4.69) is 40.7 Å². The lowest BCUT2D eigenvalue weighted by molar-refractivity contribution is -0.138. The van der Waals surface area contributed by atoms with Gasteiger partial charge >= 0.3 is 0 Å². The van der Waals surface area contributed by atoms with Crippen LogP contribution >= 0.6 is 0 Å². The normalized spacial score (nSPS) is 20.9. The number of hydrogen-bond donors (Lipinski definition) is 4. The molecule has 5 heterocycles. The number of fused-ring (bicyclic) bond motifs is 2. The Morgan fingerprint density at radius 2 is 1.85 bits per heavy atom. The van der Waals surface area contributed by atoms with Crippen molar-refractivity contribution in [3.8, 4) is 5.75 Å². The van der Waals surface area contributed by atoms with Gasteiger partial charge in [0.15, 0.2) is 11.9 Å². The molecule has 0 spiro atoms. The Morgan fingerprint density at radius 1 is 1.06 bits per heavy atom. The number of piperazine rings is 1. The summed E-state index contributed by atoms with van der Waals surface area (Å²) in [6, 6.07) is 4.28. The maximum atomic E-state index is 14.0. The summed E-state index contributed by atoms with van der Waals surface area (Å²) in [5.41, 5.74) is 5.48. The summed E-state index contributed by atoms with van der Waals surface area (Å²) in [6.07, 6.45) is 4.94. The summed E-state index contributed by atoms with van der Waals surface area (Å²) in [6.45, 7) is 6.38. The van der Waals surface area contributed by atoms with Crippen molar-refractivity contribution in [2.45, 2.75) is 45.1 Å². The van der Waals surface area contributed by atoms with Crippen molar-refractivity contribution in [3.05, 3.63) is 64.5 Å². The number of hydrogen-bond acceptors (Lipinski definition) is 9. The molecule has 14 heteroatoms. The predicted octanol–water partition coefficient (Wildman–Crippen LogP) is 2.19. The molecule has 0 saturated carbocycles. The van der Waals surface area contributed by atoms with Crippen LogP contribution in [0.3, 0.4) is 0 Å². The lowest BCUT2D eigenvalue weighted by atomic mass is 9.99. The van der Waals surface area contributed by atoms with Crippen LogP contribution in [0.2, 0.25) is 0 Å². The molecule has 0 bridgehead atoms. The number of nitrogens with zero attached hydrogens (tertiary/aromatic N) is 4. The third-order valence-corrected chi connectivity index (χ3v) is 9.15. The quantitative estimate of drug-likeness (QED) is 0.164. The number of carbonyl (C=O) groups excluding carboxylic acids is 4.